The van der Waals surface area contributed by atoms with Crippen LogP contribution in [0.1, 0.15) is 17.3 Å². The SMILES string of the molecule is CN(C)[C@@H](CNC(=O)[C@@H]1CC(=O)N(CC(F)(F)F)C1)c1cccs1. The fourth-order valence-corrected chi connectivity index (χ4v) is 3.60. The third-order valence-electron chi connectivity index (χ3n) is 3.92. The Morgan fingerprint density at radius 1 is 1.50 bits per heavy atom. The number of rotatable bonds is 6. The number of likely N-dealkylation sites (tertiary alicyclic amines) is 1. The van der Waals surface area contributed by atoms with Gasteiger partial charge in [-0.15, -0.1) is 11.3 Å². The minimum Gasteiger partial charge on any atom is -0.354 e. The molecule has 1 aromatic rings. The minimum absolute atomic E-state index is 0.0164. The lowest BCUT2D eigenvalue weighted by molar-refractivity contribution is -0.157. The molecule has 24 heavy (non-hydrogen) atoms. The molecule has 0 saturated carbocycles. The second-order valence-electron chi connectivity index (χ2n) is 6.03. The third kappa shape index (κ3) is 4.94. The molecule has 2 amide bonds. The summed E-state index contributed by atoms with van der Waals surface area (Å²) >= 11 is 1.57. The molecule has 1 aromatic heterocycles. The molecule has 2 rings (SSSR count). The largest absolute Gasteiger partial charge is 0.406 e. The van der Waals surface area contributed by atoms with Crippen molar-refractivity contribution < 1.29 is 22.8 Å². The number of thiophene rings is 1. The van der Waals surface area contributed by atoms with Gasteiger partial charge in [-0.1, -0.05) is 6.07 Å². The zero-order valence-electron chi connectivity index (χ0n) is 13.5. The van der Waals surface area contributed by atoms with Crippen LogP contribution in [0.4, 0.5) is 13.2 Å². The standard InChI is InChI=1S/C15H20F3N3O2S/c1-20(2)11(12-4-3-5-24-12)7-19-14(23)10-6-13(22)21(8-10)9-15(16,17)18/h3-5,10-11H,6-9H2,1-2H3,(H,19,23)/t10-,11+/m1/s1. The number of hydrogen-bond acceptors (Lipinski definition) is 4. The fraction of sp³-hybridized carbons (Fsp3) is 0.600. The lowest BCUT2D eigenvalue weighted by Gasteiger charge is -2.24. The van der Waals surface area contributed by atoms with E-state index in [4.69, 9.17) is 0 Å². The molecule has 0 radical (unpaired) electrons. The second-order valence-corrected chi connectivity index (χ2v) is 7.01. The summed E-state index contributed by atoms with van der Waals surface area (Å²) in [4.78, 5) is 27.6. The zero-order chi connectivity index (χ0) is 17.9. The van der Waals surface area contributed by atoms with Gasteiger partial charge < -0.3 is 15.1 Å². The average Bonchev–Trinajstić information content (AvgIpc) is 3.08. The first-order valence-electron chi connectivity index (χ1n) is 7.49. The van der Waals surface area contributed by atoms with E-state index in [1.165, 1.54) is 0 Å². The summed E-state index contributed by atoms with van der Waals surface area (Å²) < 4.78 is 37.2. The molecule has 1 aliphatic rings. The lowest BCUT2D eigenvalue weighted by Crippen LogP contribution is -2.39. The average molecular weight is 363 g/mol. The number of nitrogens with one attached hydrogen (secondary N) is 1. The molecule has 134 valence electrons. The van der Waals surface area contributed by atoms with Gasteiger partial charge in [0.2, 0.25) is 11.8 Å². The van der Waals surface area contributed by atoms with Gasteiger partial charge in [-0.3, -0.25) is 9.59 Å². The van der Waals surface area contributed by atoms with Crippen LogP contribution in [-0.2, 0) is 9.59 Å². The monoisotopic (exact) mass is 363 g/mol. The van der Waals surface area contributed by atoms with Gasteiger partial charge in [0.25, 0.3) is 0 Å². The Labute approximate surface area is 142 Å². The first-order valence-corrected chi connectivity index (χ1v) is 8.37. The highest BCUT2D eigenvalue weighted by molar-refractivity contribution is 7.10. The molecule has 1 N–H and O–H groups in total. The number of likely N-dealkylation sites (N-methyl/N-ethyl adjacent to an activating group) is 1. The lowest BCUT2D eigenvalue weighted by atomic mass is 10.1. The summed E-state index contributed by atoms with van der Waals surface area (Å²) in [6.07, 6.45) is -4.62. The number of nitrogens with zero attached hydrogens (tertiary/aromatic N) is 2. The summed E-state index contributed by atoms with van der Waals surface area (Å²) in [5.41, 5.74) is 0. The summed E-state index contributed by atoms with van der Waals surface area (Å²) in [6, 6.07) is 3.87. The molecule has 5 nitrogen and oxygen atoms in total. The molecule has 0 aromatic carbocycles. The van der Waals surface area contributed by atoms with Crippen LogP contribution in [0.25, 0.3) is 0 Å². The molecule has 2 atom stereocenters. The van der Waals surface area contributed by atoms with Crippen molar-refractivity contribution >= 4 is 23.2 Å². The third-order valence-corrected chi connectivity index (χ3v) is 4.89. The number of carbonyl (C=O) groups excluding carboxylic acids is 2. The molecule has 0 bridgehead atoms. The Morgan fingerprint density at radius 3 is 2.75 bits per heavy atom. The Hall–Kier alpha value is -1.61. The Morgan fingerprint density at radius 2 is 2.21 bits per heavy atom. The molecule has 1 fully saturated rings. The molecule has 9 heteroatoms. The van der Waals surface area contributed by atoms with Gasteiger partial charge in [0, 0.05) is 24.4 Å². The van der Waals surface area contributed by atoms with Crippen molar-refractivity contribution in [1.82, 2.24) is 15.1 Å². The van der Waals surface area contributed by atoms with Gasteiger partial charge >= 0.3 is 6.18 Å². The van der Waals surface area contributed by atoms with E-state index >= 15 is 0 Å². The quantitative estimate of drug-likeness (QED) is 0.840. The van der Waals surface area contributed by atoms with E-state index in [0.717, 1.165) is 4.88 Å². The van der Waals surface area contributed by atoms with Crippen LogP contribution in [0.5, 0.6) is 0 Å². The van der Waals surface area contributed by atoms with Gasteiger partial charge in [0.1, 0.15) is 6.54 Å². The summed E-state index contributed by atoms with van der Waals surface area (Å²) in [5, 5.41) is 4.71. The molecule has 1 aliphatic heterocycles. The van der Waals surface area contributed by atoms with Gasteiger partial charge in [0.15, 0.2) is 0 Å². The molecule has 0 aliphatic carbocycles. The number of alkyl halides is 3. The maximum absolute atomic E-state index is 12.4. The predicted octanol–water partition coefficient (Wildman–Crippen LogP) is 1.88. The highest BCUT2D eigenvalue weighted by Crippen LogP contribution is 2.25. The molecular weight excluding hydrogens is 343 g/mol. The van der Waals surface area contributed by atoms with Crippen molar-refractivity contribution in [3.63, 3.8) is 0 Å². The summed E-state index contributed by atoms with van der Waals surface area (Å²) in [6.45, 7) is -1.14. The van der Waals surface area contributed by atoms with E-state index in [9.17, 15) is 22.8 Å². The van der Waals surface area contributed by atoms with E-state index in [2.05, 4.69) is 5.32 Å². The Bertz CT molecular complexity index is 575. The highest BCUT2D eigenvalue weighted by atomic mass is 32.1. The zero-order valence-corrected chi connectivity index (χ0v) is 14.3. The van der Waals surface area contributed by atoms with Gasteiger partial charge in [-0.2, -0.15) is 13.2 Å². The number of halogens is 3. The summed E-state index contributed by atoms with van der Waals surface area (Å²) in [7, 11) is 3.78. The Kier molecular flexibility index (Phi) is 5.87. The summed E-state index contributed by atoms with van der Waals surface area (Å²) in [5.74, 6) is -1.74. The van der Waals surface area contributed by atoms with E-state index in [1.54, 1.807) is 11.3 Å². The van der Waals surface area contributed by atoms with Crippen molar-refractivity contribution in [3.8, 4) is 0 Å². The minimum atomic E-state index is -4.45. The van der Waals surface area contributed by atoms with Crippen LogP contribution in [0.3, 0.4) is 0 Å². The molecule has 0 spiro atoms. The maximum atomic E-state index is 12.4. The van der Waals surface area contributed by atoms with Crippen molar-refractivity contribution in [2.75, 3.05) is 33.7 Å². The van der Waals surface area contributed by atoms with Crippen LogP contribution in [0, 0.1) is 5.92 Å². The maximum Gasteiger partial charge on any atom is 0.406 e. The van der Waals surface area contributed by atoms with Gasteiger partial charge in [-0.25, -0.2) is 0 Å². The van der Waals surface area contributed by atoms with E-state index < -0.39 is 24.5 Å². The van der Waals surface area contributed by atoms with Gasteiger partial charge in [0.05, 0.1) is 12.0 Å². The van der Waals surface area contributed by atoms with E-state index in [0.29, 0.717) is 11.4 Å². The second kappa shape index (κ2) is 7.52. The fourth-order valence-electron chi connectivity index (χ4n) is 2.68. The Balaban J connectivity index is 1.90. The van der Waals surface area contributed by atoms with Gasteiger partial charge in [-0.05, 0) is 25.5 Å². The van der Waals surface area contributed by atoms with Crippen molar-refractivity contribution in [3.05, 3.63) is 22.4 Å². The molecule has 0 unspecified atom stereocenters. The molecule has 2 heterocycles. The van der Waals surface area contributed by atoms with Crippen LogP contribution in [0.15, 0.2) is 17.5 Å². The van der Waals surface area contributed by atoms with Crippen LogP contribution in [0.2, 0.25) is 0 Å². The van der Waals surface area contributed by atoms with E-state index in [1.807, 2.05) is 36.5 Å². The normalized spacial score (nSPS) is 19.8. The first kappa shape index (κ1) is 18.7. The highest BCUT2D eigenvalue weighted by Gasteiger charge is 2.40. The topological polar surface area (TPSA) is 52.7 Å². The number of carbonyl (C=O) groups is 2. The van der Waals surface area contributed by atoms with Crippen molar-refractivity contribution in [1.29, 1.82) is 0 Å². The van der Waals surface area contributed by atoms with Crippen LogP contribution in [-0.4, -0.2) is 61.5 Å². The molecule has 1 saturated heterocycles. The smallest absolute Gasteiger partial charge is 0.354 e. The van der Waals surface area contributed by atoms with Crippen molar-refractivity contribution in [2.45, 2.75) is 18.6 Å². The van der Waals surface area contributed by atoms with Crippen LogP contribution < -0.4 is 5.32 Å². The molecular formula is C15H20F3N3O2S. The van der Waals surface area contributed by atoms with E-state index in [-0.39, 0.29) is 24.9 Å². The predicted molar refractivity (Wildman–Crippen MR) is 84.5 cm³/mol. The number of amides is 2. The number of hydrogen-bond donors (Lipinski definition) is 1. The van der Waals surface area contributed by atoms with Crippen molar-refractivity contribution in [2.24, 2.45) is 5.92 Å². The van der Waals surface area contributed by atoms with Crippen LogP contribution >= 0.6 is 11.3 Å². The first-order chi connectivity index (χ1) is 11.2.